The molecule has 0 aliphatic carbocycles. The summed E-state index contributed by atoms with van der Waals surface area (Å²) >= 11 is 4.72. The number of benzene rings is 2. The molecule has 0 saturated heterocycles. The molecule has 166 valence electrons. The Labute approximate surface area is 202 Å². The zero-order valence-electron chi connectivity index (χ0n) is 17.5. The van der Waals surface area contributed by atoms with Crippen LogP contribution >= 0.6 is 27.7 Å². The summed E-state index contributed by atoms with van der Waals surface area (Å²) in [7, 11) is 0. The van der Waals surface area contributed by atoms with Gasteiger partial charge in [0.25, 0.3) is 5.91 Å². The first-order valence-electron chi connectivity index (χ1n) is 9.88. The summed E-state index contributed by atoms with van der Waals surface area (Å²) in [5, 5.41) is 22.8. The van der Waals surface area contributed by atoms with E-state index in [9.17, 15) is 9.90 Å². The highest BCUT2D eigenvalue weighted by Gasteiger charge is 2.17. The van der Waals surface area contributed by atoms with Gasteiger partial charge < -0.3 is 5.11 Å². The summed E-state index contributed by atoms with van der Waals surface area (Å²) in [6.07, 6.45) is 3.40. The molecule has 2 aromatic heterocycles. The number of carbonyl (C=O) groups excluding carboxylic acids is 1. The maximum absolute atomic E-state index is 12.4. The standard InChI is InChI=1S/C23H19BrN6O2S/c1-15(16-2-8-20(31)9-3-16)26-27-21(32)14-33-23-29-28-22(17-10-12-25-13-11-17)30(23)19-6-4-18(24)5-7-19/h2-13,31H,14H2,1H3,(H,27,32)/b26-15-. The average Bonchev–Trinajstić information content (AvgIpc) is 3.26. The molecule has 4 aromatic rings. The van der Waals surface area contributed by atoms with Gasteiger partial charge in [-0.3, -0.25) is 14.3 Å². The van der Waals surface area contributed by atoms with Crippen LogP contribution in [-0.2, 0) is 4.79 Å². The van der Waals surface area contributed by atoms with Crippen molar-refractivity contribution < 1.29 is 9.90 Å². The fraction of sp³-hybridized carbons (Fsp3) is 0.0870. The zero-order chi connectivity index (χ0) is 23.2. The summed E-state index contributed by atoms with van der Waals surface area (Å²) in [6, 6.07) is 18.1. The maximum Gasteiger partial charge on any atom is 0.250 e. The number of thioether (sulfide) groups is 1. The number of hydrazone groups is 1. The molecule has 8 nitrogen and oxygen atoms in total. The summed E-state index contributed by atoms with van der Waals surface area (Å²) in [5.41, 5.74) is 5.74. The lowest BCUT2D eigenvalue weighted by Gasteiger charge is -2.10. The fourth-order valence-electron chi connectivity index (χ4n) is 2.95. The Morgan fingerprint density at radius 3 is 2.45 bits per heavy atom. The molecule has 0 saturated carbocycles. The van der Waals surface area contributed by atoms with Crippen molar-refractivity contribution >= 4 is 39.3 Å². The van der Waals surface area contributed by atoms with Crippen molar-refractivity contribution in [2.45, 2.75) is 12.1 Å². The van der Waals surface area contributed by atoms with Gasteiger partial charge in [-0.05, 0) is 73.2 Å². The van der Waals surface area contributed by atoms with Crippen molar-refractivity contribution in [3.8, 4) is 22.8 Å². The lowest BCUT2D eigenvalue weighted by molar-refractivity contribution is -0.118. The Balaban J connectivity index is 1.51. The quantitative estimate of drug-likeness (QED) is 0.211. The Kier molecular flexibility index (Phi) is 7.16. The molecule has 0 unspecified atom stereocenters. The van der Waals surface area contributed by atoms with Gasteiger partial charge in [0.15, 0.2) is 11.0 Å². The lowest BCUT2D eigenvalue weighted by Crippen LogP contribution is -2.21. The molecule has 33 heavy (non-hydrogen) atoms. The predicted molar refractivity (Wildman–Crippen MR) is 131 cm³/mol. The van der Waals surface area contributed by atoms with E-state index in [1.807, 2.05) is 41.0 Å². The Hall–Kier alpha value is -3.50. The number of hydrogen-bond donors (Lipinski definition) is 2. The van der Waals surface area contributed by atoms with E-state index in [4.69, 9.17) is 0 Å². The number of nitrogens with zero attached hydrogens (tertiary/aromatic N) is 5. The van der Waals surface area contributed by atoms with Crippen LogP contribution in [0.5, 0.6) is 5.75 Å². The number of hydrogen-bond acceptors (Lipinski definition) is 7. The maximum atomic E-state index is 12.4. The van der Waals surface area contributed by atoms with E-state index in [2.05, 4.69) is 41.6 Å². The molecule has 0 bridgehead atoms. The second-order valence-corrected chi connectivity index (χ2v) is 8.78. The van der Waals surface area contributed by atoms with Crippen LogP contribution in [0.3, 0.4) is 0 Å². The van der Waals surface area contributed by atoms with Crippen molar-refractivity contribution in [1.29, 1.82) is 0 Å². The minimum Gasteiger partial charge on any atom is -0.508 e. The minimum atomic E-state index is -0.269. The average molecular weight is 523 g/mol. The number of nitrogens with one attached hydrogen (secondary N) is 1. The molecule has 2 N–H and O–H groups in total. The SMILES string of the molecule is C/C(=N/NC(=O)CSc1nnc(-c2ccncc2)n1-c1ccc(Br)cc1)c1ccc(O)cc1. The third kappa shape index (κ3) is 5.65. The van der Waals surface area contributed by atoms with Crippen molar-refractivity contribution in [3.63, 3.8) is 0 Å². The summed E-state index contributed by atoms with van der Waals surface area (Å²) < 4.78 is 2.87. The molecule has 10 heteroatoms. The molecule has 1 amide bonds. The number of halogens is 1. The predicted octanol–water partition coefficient (Wildman–Crippen LogP) is 4.43. The van der Waals surface area contributed by atoms with Crippen LogP contribution in [0.2, 0.25) is 0 Å². The normalized spacial score (nSPS) is 11.4. The lowest BCUT2D eigenvalue weighted by atomic mass is 10.1. The van der Waals surface area contributed by atoms with E-state index in [0.29, 0.717) is 16.7 Å². The van der Waals surface area contributed by atoms with E-state index in [1.54, 1.807) is 43.6 Å². The molecule has 4 rings (SSSR count). The van der Waals surface area contributed by atoms with Crippen LogP contribution in [-0.4, -0.2) is 42.2 Å². The number of carbonyl (C=O) groups is 1. The first-order valence-corrected chi connectivity index (χ1v) is 11.7. The Morgan fingerprint density at radius 1 is 1.06 bits per heavy atom. The molecule has 0 atom stereocenters. The molecule has 0 radical (unpaired) electrons. The number of aromatic nitrogens is 4. The van der Waals surface area contributed by atoms with Gasteiger partial charge >= 0.3 is 0 Å². The zero-order valence-corrected chi connectivity index (χ0v) is 19.9. The second kappa shape index (κ2) is 10.4. The van der Waals surface area contributed by atoms with Gasteiger partial charge in [-0.1, -0.05) is 27.7 Å². The van der Waals surface area contributed by atoms with Crippen LogP contribution in [0.15, 0.2) is 87.8 Å². The van der Waals surface area contributed by atoms with Crippen LogP contribution in [0.25, 0.3) is 17.1 Å². The van der Waals surface area contributed by atoms with E-state index < -0.39 is 0 Å². The highest BCUT2D eigenvalue weighted by atomic mass is 79.9. The van der Waals surface area contributed by atoms with E-state index in [-0.39, 0.29) is 17.4 Å². The molecule has 0 aliphatic rings. The van der Waals surface area contributed by atoms with Gasteiger partial charge in [0, 0.05) is 28.1 Å². The molecular formula is C23H19BrN6O2S. The van der Waals surface area contributed by atoms with E-state index in [1.165, 1.54) is 11.8 Å². The van der Waals surface area contributed by atoms with Gasteiger partial charge in [0.05, 0.1) is 11.5 Å². The topological polar surface area (TPSA) is 105 Å². The summed E-state index contributed by atoms with van der Waals surface area (Å²) in [4.78, 5) is 16.5. The van der Waals surface area contributed by atoms with Crippen LogP contribution in [0.4, 0.5) is 0 Å². The van der Waals surface area contributed by atoms with Crippen molar-refractivity contribution in [2.24, 2.45) is 5.10 Å². The number of amides is 1. The number of pyridine rings is 1. The van der Waals surface area contributed by atoms with Gasteiger partial charge in [-0.15, -0.1) is 10.2 Å². The Morgan fingerprint density at radius 2 is 1.76 bits per heavy atom. The van der Waals surface area contributed by atoms with Crippen LogP contribution < -0.4 is 5.43 Å². The van der Waals surface area contributed by atoms with Gasteiger partial charge in [-0.2, -0.15) is 5.10 Å². The number of phenols is 1. The monoisotopic (exact) mass is 522 g/mol. The first-order chi connectivity index (χ1) is 16.0. The third-order valence-corrected chi connectivity index (χ3v) is 6.08. The van der Waals surface area contributed by atoms with Crippen molar-refractivity contribution in [2.75, 3.05) is 5.75 Å². The van der Waals surface area contributed by atoms with Gasteiger partial charge in [0.2, 0.25) is 0 Å². The number of rotatable bonds is 7. The highest BCUT2D eigenvalue weighted by Crippen LogP contribution is 2.28. The highest BCUT2D eigenvalue weighted by molar-refractivity contribution is 9.10. The van der Waals surface area contributed by atoms with E-state index in [0.717, 1.165) is 21.3 Å². The van der Waals surface area contributed by atoms with Crippen molar-refractivity contribution in [1.82, 2.24) is 25.2 Å². The van der Waals surface area contributed by atoms with Crippen molar-refractivity contribution in [3.05, 3.63) is 83.1 Å². The minimum absolute atomic E-state index is 0.108. The van der Waals surface area contributed by atoms with Gasteiger partial charge in [0.1, 0.15) is 5.75 Å². The van der Waals surface area contributed by atoms with Crippen LogP contribution in [0, 0.1) is 0 Å². The third-order valence-electron chi connectivity index (χ3n) is 4.62. The number of phenolic OH excluding ortho intramolecular Hbond substituents is 1. The summed E-state index contributed by atoms with van der Waals surface area (Å²) in [5.74, 6) is 0.669. The molecular weight excluding hydrogens is 504 g/mol. The van der Waals surface area contributed by atoms with E-state index >= 15 is 0 Å². The molecule has 2 heterocycles. The largest absolute Gasteiger partial charge is 0.508 e. The fourth-order valence-corrected chi connectivity index (χ4v) is 3.96. The first kappa shape index (κ1) is 22.7. The van der Waals surface area contributed by atoms with Crippen LogP contribution in [0.1, 0.15) is 12.5 Å². The molecule has 0 fully saturated rings. The second-order valence-electron chi connectivity index (χ2n) is 6.92. The Bertz CT molecular complexity index is 1270. The smallest absolute Gasteiger partial charge is 0.250 e. The molecule has 0 aliphatic heterocycles. The molecule has 0 spiro atoms. The summed E-state index contributed by atoms with van der Waals surface area (Å²) in [6.45, 7) is 1.78. The number of aromatic hydroxyl groups is 1. The van der Waals surface area contributed by atoms with Gasteiger partial charge in [-0.25, -0.2) is 5.43 Å². The molecule has 2 aromatic carbocycles.